The van der Waals surface area contributed by atoms with Crippen LogP contribution in [-0.2, 0) is 0 Å². The Balaban J connectivity index is 1.02. The molecule has 288 valence electrons. The molecular weight excluding hydrogens is 753 g/mol. The average Bonchev–Trinajstić information content (AvgIpc) is 3.86. The molecule has 3 aromatic heterocycles. The van der Waals surface area contributed by atoms with E-state index >= 15 is 0 Å². The predicted molar refractivity (Wildman–Crippen MR) is 260 cm³/mol. The standard InChI is InChI=1S/C58H36N4/c1-3-13-37(14-4-1)38-23-25-41(26-24-38)57-47-21-11-12-22-50(47)59-58(60-57)42-27-31-44(32-28-42)62-52-34-30-40-16-8-10-20-46(40)56(52)49-35-48-53(36-54(49)62)61(43-17-5-2-6-18-43)51-33-29-39-15-7-9-19-45(39)55(48)51/h1-36H. The third-order valence-electron chi connectivity index (χ3n) is 12.7. The van der Waals surface area contributed by atoms with E-state index in [1.54, 1.807) is 0 Å². The minimum atomic E-state index is 0.701. The maximum atomic E-state index is 5.26. The molecule has 13 rings (SSSR count). The molecule has 0 saturated carbocycles. The zero-order valence-electron chi connectivity index (χ0n) is 33.6. The minimum absolute atomic E-state index is 0.701. The summed E-state index contributed by atoms with van der Waals surface area (Å²) in [5, 5.41) is 11.0. The Morgan fingerprint density at radius 3 is 1.40 bits per heavy atom. The third kappa shape index (κ3) is 5.27. The van der Waals surface area contributed by atoms with E-state index in [0.717, 1.165) is 44.6 Å². The van der Waals surface area contributed by atoms with Crippen molar-refractivity contribution >= 4 is 76.1 Å². The summed E-state index contributed by atoms with van der Waals surface area (Å²) < 4.78 is 4.87. The average molecular weight is 789 g/mol. The molecule has 0 atom stereocenters. The van der Waals surface area contributed by atoms with Gasteiger partial charge in [0.25, 0.3) is 0 Å². The van der Waals surface area contributed by atoms with Gasteiger partial charge in [-0.2, -0.15) is 0 Å². The summed E-state index contributed by atoms with van der Waals surface area (Å²) in [6.07, 6.45) is 0. The molecule has 0 saturated heterocycles. The zero-order valence-corrected chi connectivity index (χ0v) is 33.6. The summed E-state index contributed by atoms with van der Waals surface area (Å²) in [5.41, 5.74) is 13.2. The van der Waals surface area contributed by atoms with Gasteiger partial charge in [-0.05, 0) is 99.4 Å². The van der Waals surface area contributed by atoms with Crippen molar-refractivity contribution in [1.29, 1.82) is 0 Å². The normalized spacial score (nSPS) is 11.9. The number of benzene rings is 10. The number of nitrogens with zero attached hydrogens (tertiary/aromatic N) is 4. The lowest BCUT2D eigenvalue weighted by molar-refractivity contribution is 1.16. The number of aromatic nitrogens is 4. The van der Waals surface area contributed by atoms with Gasteiger partial charge < -0.3 is 9.13 Å². The number of hydrogen-bond acceptors (Lipinski definition) is 2. The fourth-order valence-corrected chi connectivity index (χ4v) is 9.84. The third-order valence-corrected chi connectivity index (χ3v) is 12.7. The zero-order chi connectivity index (χ0) is 40.7. The maximum Gasteiger partial charge on any atom is 0.160 e. The van der Waals surface area contributed by atoms with Gasteiger partial charge in [0.05, 0.1) is 33.3 Å². The molecule has 4 nitrogen and oxygen atoms in total. The summed E-state index contributed by atoms with van der Waals surface area (Å²) in [6, 6.07) is 78.5. The highest BCUT2D eigenvalue weighted by Crippen LogP contribution is 2.44. The first kappa shape index (κ1) is 34.5. The van der Waals surface area contributed by atoms with Crippen LogP contribution in [0.15, 0.2) is 218 Å². The van der Waals surface area contributed by atoms with Crippen molar-refractivity contribution in [1.82, 2.24) is 19.1 Å². The highest BCUT2D eigenvalue weighted by Gasteiger charge is 2.21. The fraction of sp³-hybridized carbons (Fsp3) is 0. The SMILES string of the molecule is c1ccc(-c2ccc(-c3nc(-c4ccc(-n5c6cc7c(cc6c6c8ccccc8ccc65)c5c6ccccc6ccc5n7-c5ccccc5)cc4)nc4ccccc34)cc2)cc1. The second-order valence-electron chi connectivity index (χ2n) is 16.2. The number of rotatable bonds is 5. The summed E-state index contributed by atoms with van der Waals surface area (Å²) in [7, 11) is 0. The van der Waals surface area contributed by atoms with Gasteiger partial charge in [-0.3, -0.25) is 0 Å². The predicted octanol–water partition coefficient (Wildman–Crippen LogP) is 15.1. The highest BCUT2D eigenvalue weighted by molar-refractivity contribution is 6.28. The van der Waals surface area contributed by atoms with Crippen molar-refractivity contribution in [3.05, 3.63) is 218 Å². The Morgan fingerprint density at radius 2 is 0.774 bits per heavy atom. The van der Waals surface area contributed by atoms with E-state index in [1.807, 2.05) is 6.07 Å². The van der Waals surface area contributed by atoms with Crippen LogP contribution in [0.4, 0.5) is 0 Å². The van der Waals surface area contributed by atoms with Crippen molar-refractivity contribution in [2.45, 2.75) is 0 Å². The largest absolute Gasteiger partial charge is 0.309 e. The molecule has 0 aliphatic rings. The fourth-order valence-electron chi connectivity index (χ4n) is 9.84. The van der Waals surface area contributed by atoms with E-state index in [0.29, 0.717) is 5.82 Å². The van der Waals surface area contributed by atoms with Crippen LogP contribution in [0.3, 0.4) is 0 Å². The van der Waals surface area contributed by atoms with Crippen molar-refractivity contribution in [3.63, 3.8) is 0 Å². The van der Waals surface area contributed by atoms with Gasteiger partial charge in [0.15, 0.2) is 5.82 Å². The van der Waals surface area contributed by atoms with E-state index in [4.69, 9.17) is 9.97 Å². The van der Waals surface area contributed by atoms with E-state index < -0.39 is 0 Å². The highest BCUT2D eigenvalue weighted by atomic mass is 15.0. The van der Waals surface area contributed by atoms with Crippen LogP contribution >= 0.6 is 0 Å². The molecule has 0 aliphatic carbocycles. The van der Waals surface area contributed by atoms with E-state index in [2.05, 4.69) is 221 Å². The van der Waals surface area contributed by atoms with Crippen LogP contribution in [0, 0.1) is 0 Å². The van der Waals surface area contributed by atoms with Crippen molar-refractivity contribution in [2.24, 2.45) is 0 Å². The first-order valence-electron chi connectivity index (χ1n) is 21.2. The van der Waals surface area contributed by atoms with Gasteiger partial charge >= 0.3 is 0 Å². The Hall–Kier alpha value is -8.34. The maximum absolute atomic E-state index is 5.26. The molecule has 0 spiro atoms. The molecular formula is C58H36N4. The lowest BCUT2D eigenvalue weighted by Gasteiger charge is -2.12. The summed E-state index contributed by atoms with van der Waals surface area (Å²) in [4.78, 5) is 10.4. The Bertz CT molecular complexity index is 3880. The summed E-state index contributed by atoms with van der Waals surface area (Å²) in [6.45, 7) is 0. The lowest BCUT2D eigenvalue weighted by Crippen LogP contribution is -1.97. The van der Waals surface area contributed by atoms with Crippen LogP contribution in [0.2, 0.25) is 0 Å². The molecule has 0 N–H and O–H groups in total. The van der Waals surface area contributed by atoms with Crippen LogP contribution in [0.1, 0.15) is 0 Å². The van der Waals surface area contributed by atoms with Gasteiger partial charge in [0, 0.05) is 49.4 Å². The van der Waals surface area contributed by atoms with Gasteiger partial charge in [-0.25, -0.2) is 9.97 Å². The molecule has 0 aliphatic heterocycles. The first-order valence-corrected chi connectivity index (χ1v) is 21.2. The molecule has 62 heavy (non-hydrogen) atoms. The lowest BCUT2D eigenvalue weighted by atomic mass is 10.0. The molecule has 4 heteroatoms. The van der Waals surface area contributed by atoms with Crippen LogP contribution in [0.5, 0.6) is 0 Å². The van der Waals surface area contributed by atoms with Crippen LogP contribution < -0.4 is 0 Å². The molecule has 0 amide bonds. The van der Waals surface area contributed by atoms with Gasteiger partial charge in [0.1, 0.15) is 0 Å². The molecule has 10 aromatic carbocycles. The molecule has 0 fully saturated rings. The Labute approximate surface area is 357 Å². The Morgan fingerprint density at radius 1 is 0.290 bits per heavy atom. The smallest absolute Gasteiger partial charge is 0.160 e. The Kier molecular flexibility index (Phi) is 7.57. The molecule has 0 bridgehead atoms. The quantitative estimate of drug-likeness (QED) is 0.174. The minimum Gasteiger partial charge on any atom is -0.309 e. The van der Waals surface area contributed by atoms with E-state index in [9.17, 15) is 0 Å². The van der Waals surface area contributed by atoms with Gasteiger partial charge in [-0.15, -0.1) is 0 Å². The second-order valence-corrected chi connectivity index (χ2v) is 16.2. The summed E-state index contributed by atoms with van der Waals surface area (Å²) in [5.74, 6) is 0.701. The number of para-hydroxylation sites is 2. The topological polar surface area (TPSA) is 35.6 Å². The van der Waals surface area contributed by atoms with Crippen molar-refractivity contribution < 1.29 is 0 Å². The van der Waals surface area contributed by atoms with Crippen molar-refractivity contribution in [2.75, 3.05) is 0 Å². The molecule has 0 radical (unpaired) electrons. The second kappa shape index (κ2) is 13.6. The molecule has 0 unspecified atom stereocenters. The van der Waals surface area contributed by atoms with Crippen LogP contribution in [-0.4, -0.2) is 19.1 Å². The monoisotopic (exact) mass is 788 g/mol. The van der Waals surface area contributed by atoms with Crippen molar-refractivity contribution in [3.8, 4) is 45.1 Å². The molecule has 3 heterocycles. The van der Waals surface area contributed by atoms with Gasteiger partial charge in [-0.1, -0.05) is 152 Å². The first-order chi connectivity index (χ1) is 30.7. The summed E-state index contributed by atoms with van der Waals surface area (Å²) >= 11 is 0. The molecule has 13 aromatic rings. The van der Waals surface area contributed by atoms with Gasteiger partial charge in [0.2, 0.25) is 0 Å². The van der Waals surface area contributed by atoms with E-state index in [1.165, 1.54) is 70.8 Å². The van der Waals surface area contributed by atoms with E-state index in [-0.39, 0.29) is 0 Å². The van der Waals surface area contributed by atoms with Crippen LogP contribution in [0.25, 0.3) is 121 Å². The number of fused-ring (bicyclic) bond motifs is 11. The number of hydrogen-bond donors (Lipinski definition) is 0.